The molecule has 0 aliphatic rings. The predicted octanol–water partition coefficient (Wildman–Crippen LogP) is 4.72. The summed E-state index contributed by atoms with van der Waals surface area (Å²) in [4.78, 5) is 0. The van der Waals surface area contributed by atoms with Gasteiger partial charge in [-0.05, 0) is 48.7 Å². The summed E-state index contributed by atoms with van der Waals surface area (Å²) < 4.78 is 33.0. The molecule has 0 fully saturated rings. The van der Waals surface area contributed by atoms with Crippen molar-refractivity contribution in [2.75, 3.05) is 6.61 Å². The highest BCUT2D eigenvalue weighted by Crippen LogP contribution is 2.17. The summed E-state index contributed by atoms with van der Waals surface area (Å²) in [6.45, 7) is 4.49. The Kier molecular flexibility index (Phi) is 5.55. The van der Waals surface area contributed by atoms with E-state index in [0.717, 1.165) is 17.7 Å². The average molecular weight is 300 g/mol. The lowest BCUT2D eigenvalue weighted by molar-refractivity contribution is 0.317. The van der Waals surface area contributed by atoms with Gasteiger partial charge in [0.05, 0.1) is 12.2 Å². The molecule has 0 spiro atoms. The summed E-state index contributed by atoms with van der Waals surface area (Å²) in [7, 11) is 0. The Morgan fingerprint density at radius 3 is 2.27 bits per heavy atom. The quantitative estimate of drug-likeness (QED) is 0.743. The molecule has 2 aromatic rings. The van der Waals surface area contributed by atoms with Gasteiger partial charge in [0.2, 0.25) is 0 Å². The molecule has 0 radical (unpaired) electrons. The molecule has 0 aromatic heterocycles. The van der Waals surface area contributed by atoms with Crippen LogP contribution in [0.15, 0.2) is 36.4 Å². The molecule has 0 saturated carbocycles. The molecule has 22 heavy (non-hydrogen) atoms. The highest BCUT2D eigenvalue weighted by Gasteiger charge is 2.10. The van der Waals surface area contributed by atoms with Crippen LogP contribution in [-0.2, 0) is 6.42 Å². The van der Waals surface area contributed by atoms with E-state index in [-0.39, 0.29) is 5.56 Å². The van der Waals surface area contributed by atoms with Crippen molar-refractivity contribution in [3.05, 3.63) is 64.7 Å². The zero-order valence-electron chi connectivity index (χ0n) is 12.7. The average Bonchev–Trinajstić information content (AvgIpc) is 2.55. The minimum Gasteiger partial charge on any atom is -0.494 e. The Bertz CT molecular complexity index is 694. The van der Waals surface area contributed by atoms with E-state index in [9.17, 15) is 8.78 Å². The maximum atomic E-state index is 13.9. The third-order valence-electron chi connectivity index (χ3n) is 3.21. The molecule has 0 unspecified atom stereocenters. The number of hydrogen-bond acceptors (Lipinski definition) is 1. The summed E-state index contributed by atoms with van der Waals surface area (Å²) in [6, 6.07) is 10.3. The van der Waals surface area contributed by atoms with Crippen molar-refractivity contribution < 1.29 is 13.5 Å². The second-order valence-electron chi connectivity index (χ2n) is 4.88. The molecule has 0 saturated heterocycles. The first-order chi connectivity index (χ1) is 10.7. The second kappa shape index (κ2) is 7.61. The third-order valence-corrected chi connectivity index (χ3v) is 3.21. The monoisotopic (exact) mass is 300 g/mol. The van der Waals surface area contributed by atoms with Crippen LogP contribution in [0, 0.1) is 23.5 Å². The summed E-state index contributed by atoms with van der Waals surface area (Å²) in [5.41, 5.74) is 1.16. The number of aryl methyl sites for hydroxylation is 1. The van der Waals surface area contributed by atoms with Gasteiger partial charge in [-0.15, -0.1) is 0 Å². The lowest BCUT2D eigenvalue weighted by Gasteiger charge is -2.03. The zero-order valence-corrected chi connectivity index (χ0v) is 12.7. The Morgan fingerprint density at radius 2 is 1.64 bits per heavy atom. The molecule has 114 valence electrons. The van der Waals surface area contributed by atoms with Gasteiger partial charge in [0.25, 0.3) is 0 Å². The molecule has 0 bridgehead atoms. The van der Waals surface area contributed by atoms with E-state index >= 15 is 0 Å². The molecule has 0 amide bonds. The van der Waals surface area contributed by atoms with Crippen LogP contribution in [0.5, 0.6) is 5.75 Å². The van der Waals surface area contributed by atoms with Crippen LogP contribution in [0.1, 0.15) is 37.0 Å². The maximum absolute atomic E-state index is 13.9. The van der Waals surface area contributed by atoms with E-state index < -0.39 is 11.6 Å². The first-order valence-electron chi connectivity index (χ1n) is 7.37. The van der Waals surface area contributed by atoms with Crippen LogP contribution in [0.4, 0.5) is 8.78 Å². The predicted molar refractivity (Wildman–Crippen MR) is 83.9 cm³/mol. The third kappa shape index (κ3) is 3.85. The lowest BCUT2D eigenvalue weighted by Crippen LogP contribution is -1.96. The van der Waals surface area contributed by atoms with Crippen molar-refractivity contribution in [2.45, 2.75) is 26.7 Å². The minimum absolute atomic E-state index is 0.0704. The van der Waals surface area contributed by atoms with Crippen LogP contribution in [0.25, 0.3) is 0 Å². The fourth-order valence-electron chi connectivity index (χ4n) is 1.95. The van der Waals surface area contributed by atoms with Gasteiger partial charge in [-0.25, -0.2) is 8.78 Å². The number of benzene rings is 2. The van der Waals surface area contributed by atoms with Gasteiger partial charge in [-0.2, -0.15) is 0 Å². The Balaban J connectivity index is 2.18. The Morgan fingerprint density at radius 1 is 0.909 bits per heavy atom. The first kappa shape index (κ1) is 16.0. The highest BCUT2D eigenvalue weighted by atomic mass is 19.2. The van der Waals surface area contributed by atoms with Gasteiger partial charge in [0, 0.05) is 5.56 Å². The molecule has 2 rings (SSSR count). The molecular formula is C19H18F2O. The first-order valence-corrected chi connectivity index (χ1v) is 7.37. The number of hydrogen-bond donors (Lipinski definition) is 0. The smallest absolute Gasteiger partial charge is 0.174 e. The number of rotatable bonds is 4. The number of ether oxygens (including phenoxy) is 1. The van der Waals surface area contributed by atoms with Gasteiger partial charge in [-0.1, -0.05) is 31.8 Å². The Hall–Kier alpha value is -2.34. The molecule has 3 heteroatoms. The van der Waals surface area contributed by atoms with E-state index in [1.54, 1.807) is 25.1 Å². The van der Waals surface area contributed by atoms with E-state index in [2.05, 4.69) is 11.8 Å². The van der Waals surface area contributed by atoms with Gasteiger partial charge in [0.15, 0.2) is 11.6 Å². The molecular weight excluding hydrogens is 282 g/mol. The van der Waals surface area contributed by atoms with Gasteiger partial charge in [-0.3, -0.25) is 0 Å². The molecule has 0 aliphatic heterocycles. The summed E-state index contributed by atoms with van der Waals surface area (Å²) in [5, 5.41) is 0. The van der Waals surface area contributed by atoms with Crippen LogP contribution < -0.4 is 4.74 Å². The van der Waals surface area contributed by atoms with Gasteiger partial charge in [0.1, 0.15) is 5.75 Å². The topological polar surface area (TPSA) is 9.23 Å². The zero-order chi connectivity index (χ0) is 15.9. The SMILES string of the molecule is CCCOc1ccc(C#Cc2ccc(CC)c(F)c2F)cc1. The van der Waals surface area contributed by atoms with Crippen LogP contribution in [0.3, 0.4) is 0 Å². The molecule has 0 heterocycles. The van der Waals surface area contributed by atoms with Crippen molar-refractivity contribution in [3.63, 3.8) is 0 Å². The Labute approximate surface area is 129 Å². The fraction of sp³-hybridized carbons (Fsp3) is 0.263. The van der Waals surface area contributed by atoms with E-state index in [1.165, 1.54) is 6.07 Å². The maximum Gasteiger partial charge on any atom is 0.174 e. The molecule has 0 N–H and O–H groups in total. The molecule has 0 atom stereocenters. The fourth-order valence-corrected chi connectivity index (χ4v) is 1.95. The van der Waals surface area contributed by atoms with Crippen LogP contribution >= 0.6 is 0 Å². The van der Waals surface area contributed by atoms with Crippen molar-refractivity contribution in [1.29, 1.82) is 0 Å². The van der Waals surface area contributed by atoms with Crippen LogP contribution in [0.2, 0.25) is 0 Å². The van der Waals surface area contributed by atoms with Crippen molar-refractivity contribution >= 4 is 0 Å². The molecule has 1 nitrogen and oxygen atoms in total. The lowest BCUT2D eigenvalue weighted by atomic mass is 10.1. The minimum atomic E-state index is -0.880. The van der Waals surface area contributed by atoms with Gasteiger partial charge >= 0.3 is 0 Å². The van der Waals surface area contributed by atoms with Crippen molar-refractivity contribution in [1.82, 2.24) is 0 Å². The standard InChI is InChI=1S/C19H18F2O/c1-3-13-22-17-11-6-14(7-12-17)5-8-16-10-9-15(4-2)18(20)19(16)21/h6-7,9-12H,3-4,13H2,1-2H3. The molecule has 2 aromatic carbocycles. The second-order valence-corrected chi connectivity index (χ2v) is 4.88. The normalized spacial score (nSPS) is 10.0. The molecule has 0 aliphatic carbocycles. The summed E-state index contributed by atoms with van der Waals surface area (Å²) >= 11 is 0. The summed E-state index contributed by atoms with van der Waals surface area (Å²) in [5.74, 6) is 4.60. The summed E-state index contributed by atoms with van der Waals surface area (Å²) in [6.07, 6.45) is 1.40. The van der Waals surface area contributed by atoms with E-state index in [0.29, 0.717) is 18.6 Å². The van der Waals surface area contributed by atoms with Crippen LogP contribution in [-0.4, -0.2) is 6.61 Å². The van der Waals surface area contributed by atoms with Crippen molar-refractivity contribution in [3.8, 4) is 17.6 Å². The number of halogens is 2. The van der Waals surface area contributed by atoms with E-state index in [4.69, 9.17) is 4.74 Å². The highest BCUT2D eigenvalue weighted by molar-refractivity contribution is 5.45. The largest absolute Gasteiger partial charge is 0.494 e. The van der Waals surface area contributed by atoms with Gasteiger partial charge < -0.3 is 4.74 Å². The van der Waals surface area contributed by atoms with Crippen molar-refractivity contribution in [2.24, 2.45) is 0 Å². The van der Waals surface area contributed by atoms with E-state index in [1.807, 2.05) is 19.1 Å².